The molecule has 0 saturated carbocycles. The first-order valence-electron chi connectivity index (χ1n) is 9.25. The Hall–Kier alpha value is -2.39. The molecule has 9 heteroatoms. The van der Waals surface area contributed by atoms with E-state index in [9.17, 15) is 13.2 Å². The number of amides is 1. The molecule has 152 valence electrons. The fraction of sp³-hybridized carbons (Fsp3) is 0.474. The van der Waals surface area contributed by atoms with Gasteiger partial charge in [0.25, 0.3) is 0 Å². The standard InChI is InChI=1S/C19H25N3O5S/c1-4-26-16-5-7-17(8-6-16)28(24,25)22-11-9-21(10-12-22)19(23)13-18-14(2)20-27-15(18)3/h5-8H,4,9-13H2,1-3H3. The summed E-state index contributed by atoms with van der Waals surface area (Å²) in [6.45, 7) is 7.24. The summed E-state index contributed by atoms with van der Waals surface area (Å²) < 4.78 is 37.6. The van der Waals surface area contributed by atoms with Crippen LogP contribution in [-0.4, -0.2) is 61.5 Å². The van der Waals surface area contributed by atoms with Crippen molar-refractivity contribution < 1.29 is 22.5 Å². The van der Waals surface area contributed by atoms with Gasteiger partial charge < -0.3 is 14.2 Å². The monoisotopic (exact) mass is 407 g/mol. The number of hydrogen-bond acceptors (Lipinski definition) is 6. The van der Waals surface area contributed by atoms with Crippen LogP contribution in [0.2, 0.25) is 0 Å². The van der Waals surface area contributed by atoms with E-state index in [0.29, 0.717) is 36.9 Å². The highest BCUT2D eigenvalue weighted by molar-refractivity contribution is 7.89. The first-order valence-corrected chi connectivity index (χ1v) is 10.7. The molecule has 0 aliphatic carbocycles. The summed E-state index contributed by atoms with van der Waals surface area (Å²) in [4.78, 5) is 14.5. The number of sulfonamides is 1. The number of hydrogen-bond donors (Lipinski definition) is 0. The first-order chi connectivity index (χ1) is 13.3. The van der Waals surface area contributed by atoms with Gasteiger partial charge in [0.15, 0.2) is 0 Å². The molecule has 0 N–H and O–H groups in total. The number of piperazine rings is 1. The summed E-state index contributed by atoms with van der Waals surface area (Å²) in [6, 6.07) is 6.41. The number of carbonyl (C=O) groups is 1. The van der Waals surface area contributed by atoms with Gasteiger partial charge in [-0.2, -0.15) is 4.31 Å². The number of aromatic nitrogens is 1. The molecular weight excluding hydrogens is 382 g/mol. The third kappa shape index (κ3) is 4.20. The lowest BCUT2D eigenvalue weighted by Crippen LogP contribution is -2.50. The second kappa shape index (κ2) is 8.32. The van der Waals surface area contributed by atoms with E-state index in [4.69, 9.17) is 9.26 Å². The Kier molecular flexibility index (Phi) is 6.04. The third-order valence-electron chi connectivity index (χ3n) is 4.87. The minimum absolute atomic E-state index is 0.0486. The Morgan fingerprint density at radius 3 is 2.32 bits per heavy atom. The molecule has 1 fully saturated rings. The molecule has 8 nitrogen and oxygen atoms in total. The van der Waals surface area contributed by atoms with Crippen LogP contribution >= 0.6 is 0 Å². The predicted octanol–water partition coefficient (Wildman–Crippen LogP) is 1.77. The van der Waals surface area contributed by atoms with Crippen LogP contribution < -0.4 is 4.74 Å². The number of rotatable bonds is 6. The van der Waals surface area contributed by atoms with E-state index in [2.05, 4.69) is 5.16 Å². The van der Waals surface area contributed by atoms with E-state index in [1.165, 1.54) is 4.31 Å². The highest BCUT2D eigenvalue weighted by atomic mass is 32.2. The van der Waals surface area contributed by atoms with Crippen LogP contribution in [0.4, 0.5) is 0 Å². The van der Waals surface area contributed by atoms with Crippen LogP contribution in [0, 0.1) is 13.8 Å². The van der Waals surface area contributed by atoms with Crippen molar-refractivity contribution in [3.63, 3.8) is 0 Å². The highest BCUT2D eigenvalue weighted by Gasteiger charge is 2.30. The smallest absolute Gasteiger partial charge is 0.243 e. The Bertz CT molecular complexity index is 909. The second-order valence-corrected chi connectivity index (χ2v) is 8.61. The summed E-state index contributed by atoms with van der Waals surface area (Å²) in [5.41, 5.74) is 1.51. The minimum atomic E-state index is -3.59. The highest BCUT2D eigenvalue weighted by Crippen LogP contribution is 2.21. The van der Waals surface area contributed by atoms with Crippen molar-refractivity contribution in [2.75, 3.05) is 32.8 Å². The quantitative estimate of drug-likeness (QED) is 0.725. The van der Waals surface area contributed by atoms with Crippen molar-refractivity contribution in [2.45, 2.75) is 32.1 Å². The molecule has 1 aliphatic rings. The molecular formula is C19H25N3O5S. The zero-order valence-electron chi connectivity index (χ0n) is 16.3. The number of benzene rings is 1. The maximum Gasteiger partial charge on any atom is 0.243 e. The molecule has 2 heterocycles. The minimum Gasteiger partial charge on any atom is -0.494 e. The third-order valence-corrected chi connectivity index (χ3v) is 6.79. The van der Waals surface area contributed by atoms with E-state index in [-0.39, 0.29) is 30.3 Å². The summed E-state index contributed by atoms with van der Waals surface area (Å²) in [7, 11) is -3.59. The van der Waals surface area contributed by atoms with E-state index in [1.807, 2.05) is 6.92 Å². The van der Waals surface area contributed by atoms with Crippen molar-refractivity contribution in [1.82, 2.24) is 14.4 Å². The Morgan fingerprint density at radius 1 is 1.14 bits per heavy atom. The molecule has 1 saturated heterocycles. The summed E-state index contributed by atoms with van der Waals surface area (Å²) in [5, 5.41) is 3.87. The van der Waals surface area contributed by atoms with Gasteiger partial charge >= 0.3 is 0 Å². The maximum atomic E-state index is 12.8. The molecule has 0 unspecified atom stereocenters. The molecule has 0 spiro atoms. The fourth-order valence-corrected chi connectivity index (χ4v) is 4.64. The van der Waals surface area contributed by atoms with Gasteiger partial charge in [0.1, 0.15) is 11.5 Å². The molecule has 3 rings (SSSR count). The van der Waals surface area contributed by atoms with Crippen LogP contribution in [0.1, 0.15) is 23.9 Å². The summed E-state index contributed by atoms with van der Waals surface area (Å²) in [6.07, 6.45) is 0.215. The van der Waals surface area contributed by atoms with Gasteiger partial charge in [0.05, 0.1) is 23.6 Å². The Labute approximate surface area is 165 Å². The molecule has 1 amide bonds. The summed E-state index contributed by atoms with van der Waals surface area (Å²) in [5.74, 6) is 1.23. The van der Waals surface area contributed by atoms with Gasteiger partial charge in [-0.15, -0.1) is 0 Å². The molecule has 0 bridgehead atoms. The van der Waals surface area contributed by atoms with Crippen LogP contribution in [0.3, 0.4) is 0 Å². The number of carbonyl (C=O) groups excluding carboxylic acids is 1. The number of aryl methyl sites for hydroxylation is 2. The molecule has 2 aromatic rings. The lowest BCUT2D eigenvalue weighted by Gasteiger charge is -2.34. The van der Waals surface area contributed by atoms with Gasteiger partial charge in [-0.1, -0.05) is 5.16 Å². The average Bonchev–Trinajstić information content (AvgIpc) is 3.01. The van der Waals surface area contributed by atoms with Gasteiger partial charge in [0.2, 0.25) is 15.9 Å². The SMILES string of the molecule is CCOc1ccc(S(=O)(=O)N2CCN(C(=O)Cc3c(C)noc3C)CC2)cc1. The van der Waals surface area contributed by atoms with Crippen molar-refractivity contribution >= 4 is 15.9 Å². The normalized spacial score (nSPS) is 15.6. The fourth-order valence-electron chi connectivity index (χ4n) is 3.22. The zero-order valence-corrected chi connectivity index (χ0v) is 17.2. The van der Waals surface area contributed by atoms with Gasteiger partial charge in [-0.3, -0.25) is 4.79 Å². The topological polar surface area (TPSA) is 93.0 Å². The lowest BCUT2D eigenvalue weighted by molar-refractivity contribution is -0.131. The molecule has 28 heavy (non-hydrogen) atoms. The first kappa shape index (κ1) is 20.3. The Balaban J connectivity index is 1.61. The predicted molar refractivity (Wildman–Crippen MR) is 103 cm³/mol. The molecule has 1 aromatic carbocycles. The number of nitrogens with zero attached hydrogens (tertiary/aromatic N) is 3. The molecule has 0 atom stereocenters. The van der Waals surface area contributed by atoms with Crippen LogP contribution in [0.15, 0.2) is 33.7 Å². The Morgan fingerprint density at radius 2 is 1.79 bits per heavy atom. The van der Waals surface area contributed by atoms with E-state index < -0.39 is 10.0 Å². The van der Waals surface area contributed by atoms with Gasteiger partial charge in [-0.05, 0) is 45.0 Å². The lowest BCUT2D eigenvalue weighted by atomic mass is 10.1. The average molecular weight is 407 g/mol. The van der Waals surface area contributed by atoms with Crippen molar-refractivity contribution in [3.05, 3.63) is 41.3 Å². The van der Waals surface area contributed by atoms with Crippen LogP contribution in [-0.2, 0) is 21.2 Å². The van der Waals surface area contributed by atoms with Gasteiger partial charge in [-0.25, -0.2) is 8.42 Å². The zero-order chi connectivity index (χ0) is 20.3. The number of ether oxygens (including phenoxy) is 1. The van der Waals surface area contributed by atoms with Crippen molar-refractivity contribution in [3.8, 4) is 5.75 Å². The van der Waals surface area contributed by atoms with Crippen molar-refractivity contribution in [1.29, 1.82) is 0 Å². The molecule has 1 aliphatic heterocycles. The van der Waals surface area contributed by atoms with Gasteiger partial charge in [0, 0.05) is 31.7 Å². The van der Waals surface area contributed by atoms with E-state index >= 15 is 0 Å². The van der Waals surface area contributed by atoms with E-state index in [0.717, 1.165) is 5.56 Å². The van der Waals surface area contributed by atoms with Crippen LogP contribution in [0.5, 0.6) is 5.75 Å². The maximum absolute atomic E-state index is 12.8. The van der Waals surface area contributed by atoms with Crippen LogP contribution in [0.25, 0.3) is 0 Å². The van der Waals surface area contributed by atoms with E-state index in [1.54, 1.807) is 43.0 Å². The second-order valence-electron chi connectivity index (χ2n) is 6.67. The summed E-state index contributed by atoms with van der Waals surface area (Å²) >= 11 is 0. The largest absolute Gasteiger partial charge is 0.494 e. The molecule has 0 radical (unpaired) electrons. The molecule has 1 aromatic heterocycles. The van der Waals surface area contributed by atoms with Crippen molar-refractivity contribution in [2.24, 2.45) is 0 Å².